The fourth-order valence-electron chi connectivity index (χ4n) is 4.69. The Kier molecular flexibility index (Phi) is 5.58. The summed E-state index contributed by atoms with van der Waals surface area (Å²) in [6, 6.07) is 9.84. The lowest BCUT2D eigenvalue weighted by Crippen LogP contribution is -2.48. The van der Waals surface area contributed by atoms with Crippen molar-refractivity contribution in [2.24, 2.45) is 5.41 Å². The van der Waals surface area contributed by atoms with Crippen LogP contribution in [0.1, 0.15) is 50.5 Å². The van der Waals surface area contributed by atoms with E-state index in [2.05, 4.69) is 5.10 Å². The zero-order chi connectivity index (χ0) is 19.6. The molecule has 1 aromatic heterocycles. The van der Waals surface area contributed by atoms with Crippen molar-refractivity contribution in [2.75, 3.05) is 20.1 Å². The summed E-state index contributed by atoms with van der Waals surface area (Å²) in [5.74, 6) is 0. The molecule has 0 radical (unpaired) electrons. The summed E-state index contributed by atoms with van der Waals surface area (Å²) in [6.07, 6.45) is 12.1. The summed E-state index contributed by atoms with van der Waals surface area (Å²) in [5, 5.41) is 4.37. The summed E-state index contributed by atoms with van der Waals surface area (Å²) in [5.41, 5.74) is 2.25. The lowest BCUT2D eigenvalue weighted by Gasteiger charge is -2.44. The highest BCUT2D eigenvalue weighted by atomic mass is 32.2. The van der Waals surface area contributed by atoms with E-state index in [1.54, 1.807) is 22.2 Å². The molecule has 2 aromatic rings. The SMILES string of the molecule is CN(Cc1cnn(-c2ccccc2)c1)S(=O)(=O)N1CCC2(CCCCC2)CC1. The van der Waals surface area contributed by atoms with Crippen molar-refractivity contribution in [1.82, 2.24) is 18.4 Å². The second-order valence-electron chi connectivity index (χ2n) is 8.35. The molecule has 1 aliphatic heterocycles. The molecule has 2 heterocycles. The van der Waals surface area contributed by atoms with Gasteiger partial charge in [-0.2, -0.15) is 22.1 Å². The van der Waals surface area contributed by atoms with Crippen LogP contribution in [0.4, 0.5) is 0 Å². The van der Waals surface area contributed by atoms with Gasteiger partial charge >= 0.3 is 0 Å². The average molecular weight is 403 g/mol. The maximum absolute atomic E-state index is 13.1. The van der Waals surface area contributed by atoms with Crippen molar-refractivity contribution < 1.29 is 8.42 Å². The Balaban J connectivity index is 1.39. The Bertz CT molecular complexity index is 878. The highest BCUT2D eigenvalue weighted by Gasteiger charge is 2.39. The van der Waals surface area contributed by atoms with Gasteiger partial charge in [-0.1, -0.05) is 37.5 Å². The first-order valence-electron chi connectivity index (χ1n) is 10.3. The fraction of sp³-hybridized carbons (Fsp3) is 0.571. The van der Waals surface area contributed by atoms with Crippen LogP contribution in [0.15, 0.2) is 42.7 Å². The van der Waals surface area contributed by atoms with Gasteiger partial charge in [-0.3, -0.25) is 0 Å². The highest BCUT2D eigenvalue weighted by Crippen LogP contribution is 2.45. The minimum absolute atomic E-state index is 0.330. The average Bonchev–Trinajstić information content (AvgIpc) is 3.18. The molecule has 6 nitrogen and oxygen atoms in total. The number of benzene rings is 1. The first-order valence-corrected chi connectivity index (χ1v) is 11.7. The summed E-state index contributed by atoms with van der Waals surface area (Å²) in [7, 11) is -1.77. The molecule has 2 aliphatic rings. The van der Waals surface area contributed by atoms with E-state index in [0.29, 0.717) is 25.0 Å². The lowest BCUT2D eigenvalue weighted by molar-refractivity contribution is 0.0997. The van der Waals surface area contributed by atoms with E-state index in [-0.39, 0.29) is 0 Å². The summed E-state index contributed by atoms with van der Waals surface area (Å²) >= 11 is 0. The molecule has 28 heavy (non-hydrogen) atoms. The van der Waals surface area contributed by atoms with Crippen molar-refractivity contribution >= 4 is 10.2 Å². The highest BCUT2D eigenvalue weighted by molar-refractivity contribution is 7.86. The van der Waals surface area contributed by atoms with Gasteiger partial charge in [0.1, 0.15) is 0 Å². The molecule has 1 saturated carbocycles. The minimum atomic E-state index is -3.44. The number of hydrogen-bond acceptors (Lipinski definition) is 3. The molecule has 152 valence electrons. The third-order valence-corrected chi connectivity index (χ3v) is 8.41. The Morgan fingerprint density at radius 1 is 1.04 bits per heavy atom. The van der Waals surface area contributed by atoms with Crippen LogP contribution in [0.5, 0.6) is 0 Å². The van der Waals surface area contributed by atoms with Crippen LogP contribution in [-0.4, -0.2) is 46.9 Å². The van der Waals surface area contributed by atoms with E-state index < -0.39 is 10.2 Å². The molecule has 1 aromatic carbocycles. The Morgan fingerprint density at radius 3 is 2.39 bits per heavy atom. The van der Waals surface area contributed by atoms with Crippen LogP contribution in [-0.2, 0) is 16.8 Å². The smallest absolute Gasteiger partial charge is 0.241 e. The zero-order valence-corrected chi connectivity index (χ0v) is 17.4. The minimum Gasteiger partial charge on any atom is -0.241 e. The van der Waals surface area contributed by atoms with Crippen LogP contribution < -0.4 is 0 Å². The number of rotatable bonds is 5. The third kappa shape index (κ3) is 4.02. The van der Waals surface area contributed by atoms with Crippen molar-refractivity contribution in [2.45, 2.75) is 51.5 Å². The molecular weight excluding hydrogens is 372 g/mol. The van der Waals surface area contributed by atoms with Gasteiger partial charge < -0.3 is 0 Å². The molecule has 7 heteroatoms. The van der Waals surface area contributed by atoms with Gasteiger partial charge in [-0.15, -0.1) is 0 Å². The lowest BCUT2D eigenvalue weighted by atomic mass is 9.68. The number of para-hydroxylation sites is 1. The third-order valence-electron chi connectivity index (χ3n) is 6.48. The van der Waals surface area contributed by atoms with Crippen LogP contribution in [0.3, 0.4) is 0 Å². The molecule has 4 rings (SSSR count). The molecule has 0 atom stereocenters. The van der Waals surface area contributed by atoms with E-state index in [1.165, 1.54) is 36.4 Å². The Labute approximate surface area is 168 Å². The van der Waals surface area contributed by atoms with Crippen molar-refractivity contribution in [3.8, 4) is 5.69 Å². The van der Waals surface area contributed by atoms with E-state index in [9.17, 15) is 8.42 Å². The number of hydrogen-bond donors (Lipinski definition) is 0. The molecule has 2 fully saturated rings. The van der Waals surface area contributed by atoms with Gasteiger partial charge in [0.15, 0.2) is 0 Å². The second kappa shape index (κ2) is 7.97. The quantitative estimate of drug-likeness (QED) is 0.768. The van der Waals surface area contributed by atoms with E-state index in [0.717, 1.165) is 24.1 Å². The van der Waals surface area contributed by atoms with Gasteiger partial charge in [-0.25, -0.2) is 4.68 Å². The summed E-state index contributed by atoms with van der Waals surface area (Å²) in [6.45, 7) is 1.63. The molecule has 0 amide bonds. The van der Waals surface area contributed by atoms with Crippen LogP contribution >= 0.6 is 0 Å². The predicted octanol–water partition coefficient (Wildman–Crippen LogP) is 3.60. The van der Waals surface area contributed by atoms with E-state index in [1.807, 2.05) is 36.5 Å². The topological polar surface area (TPSA) is 58.4 Å². The van der Waals surface area contributed by atoms with E-state index in [4.69, 9.17) is 0 Å². The fourth-order valence-corrected chi connectivity index (χ4v) is 6.04. The van der Waals surface area contributed by atoms with Gasteiger partial charge in [0.05, 0.1) is 11.9 Å². The number of piperidine rings is 1. The molecule has 1 aliphatic carbocycles. The van der Waals surface area contributed by atoms with Crippen molar-refractivity contribution in [1.29, 1.82) is 0 Å². The molecular formula is C21H30N4O2S. The summed E-state index contributed by atoms with van der Waals surface area (Å²) < 4.78 is 31.0. The molecule has 0 N–H and O–H groups in total. The van der Waals surface area contributed by atoms with Crippen LogP contribution in [0.25, 0.3) is 5.69 Å². The molecule has 1 saturated heterocycles. The van der Waals surface area contributed by atoms with Gasteiger partial charge in [-0.05, 0) is 43.2 Å². The predicted molar refractivity (Wildman–Crippen MR) is 110 cm³/mol. The number of nitrogens with zero attached hydrogens (tertiary/aromatic N) is 4. The Morgan fingerprint density at radius 2 is 1.71 bits per heavy atom. The van der Waals surface area contributed by atoms with E-state index >= 15 is 0 Å². The van der Waals surface area contributed by atoms with Gasteiger partial charge in [0.25, 0.3) is 10.2 Å². The van der Waals surface area contributed by atoms with Gasteiger partial charge in [0, 0.05) is 38.4 Å². The number of aromatic nitrogens is 2. The summed E-state index contributed by atoms with van der Waals surface area (Å²) in [4.78, 5) is 0. The standard InChI is InChI=1S/C21H30N4O2S/c1-23(17-19-16-22-25(18-19)20-8-4-2-5-9-20)28(26,27)24-14-12-21(13-15-24)10-6-3-7-11-21/h2,4-5,8-9,16,18H,3,6-7,10-15,17H2,1H3. The monoisotopic (exact) mass is 402 g/mol. The molecule has 1 spiro atoms. The normalized spacial score (nSPS) is 20.6. The Hall–Kier alpha value is -1.70. The van der Waals surface area contributed by atoms with Gasteiger partial charge in [0.2, 0.25) is 0 Å². The maximum Gasteiger partial charge on any atom is 0.282 e. The molecule has 0 unspecified atom stereocenters. The second-order valence-corrected chi connectivity index (χ2v) is 10.4. The maximum atomic E-state index is 13.1. The largest absolute Gasteiger partial charge is 0.282 e. The first kappa shape index (κ1) is 19.6. The van der Waals surface area contributed by atoms with Crippen LogP contribution in [0, 0.1) is 5.41 Å². The van der Waals surface area contributed by atoms with Crippen molar-refractivity contribution in [3.63, 3.8) is 0 Å². The zero-order valence-electron chi connectivity index (χ0n) is 16.6. The molecule has 0 bridgehead atoms. The first-order chi connectivity index (χ1) is 13.5. The van der Waals surface area contributed by atoms with Crippen molar-refractivity contribution in [3.05, 3.63) is 48.3 Å². The van der Waals surface area contributed by atoms with Crippen LogP contribution in [0.2, 0.25) is 0 Å².